The second-order valence-corrected chi connectivity index (χ2v) is 7.46. The summed E-state index contributed by atoms with van der Waals surface area (Å²) in [5, 5.41) is 0. The Hall–Kier alpha value is -0.573. The average Bonchev–Trinajstić information content (AvgIpc) is 1.59. The summed E-state index contributed by atoms with van der Waals surface area (Å²) in [6.45, 7) is 7.74. The molecule has 0 aliphatic heterocycles. The van der Waals surface area contributed by atoms with E-state index in [4.69, 9.17) is 4.43 Å². The average molecular weight is 158 g/mol. The molecule has 0 unspecified atom stereocenters. The van der Waals surface area contributed by atoms with Gasteiger partial charge in [0.15, 0.2) is 0 Å². The molecule has 0 spiro atoms. The minimum absolute atomic E-state index is 0.221. The number of hydrogen-bond donors (Lipinski definition) is 0. The molecule has 0 fully saturated rings. The summed E-state index contributed by atoms with van der Waals surface area (Å²) in [5.74, 6) is -0.221. The van der Waals surface area contributed by atoms with Gasteiger partial charge < -0.3 is 4.43 Å². The van der Waals surface area contributed by atoms with E-state index in [-0.39, 0.29) is 5.97 Å². The fourth-order valence-electron chi connectivity index (χ4n) is 0.472. The first-order chi connectivity index (χ1) is 4.45. The molecule has 0 aromatic carbocycles. The quantitative estimate of drug-likeness (QED) is 0.453. The molecule has 0 aromatic rings. The largest absolute Gasteiger partial charge is 0.517 e. The summed E-state index contributed by atoms with van der Waals surface area (Å²) in [7, 11) is -1.66. The smallest absolute Gasteiger partial charge is 0.317 e. The molecule has 0 atom stereocenters. The van der Waals surface area contributed by atoms with Gasteiger partial charge in [0, 0.05) is 6.08 Å². The highest BCUT2D eigenvalue weighted by molar-refractivity contribution is 6.71. The van der Waals surface area contributed by atoms with E-state index in [1.165, 1.54) is 6.08 Å². The zero-order valence-electron chi connectivity index (χ0n) is 6.97. The van der Waals surface area contributed by atoms with E-state index in [9.17, 15) is 4.79 Å². The van der Waals surface area contributed by atoms with Crippen molar-refractivity contribution in [2.75, 3.05) is 0 Å². The maximum absolute atomic E-state index is 10.8. The zero-order valence-corrected chi connectivity index (χ0v) is 7.97. The van der Waals surface area contributed by atoms with Gasteiger partial charge in [-0.25, -0.2) is 4.79 Å². The molecule has 0 rings (SSSR count). The lowest BCUT2D eigenvalue weighted by Gasteiger charge is -2.15. The lowest BCUT2D eigenvalue weighted by molar-refractivity contribution is -0.129. The van der Waals surface area contributed by atoms with E-state index in [0.29, 0.717) is 0 Å². The van der Waals surface area contributed by atoms with Crippen molar-refractivity contribution in [3.05, 3.63) is 12.2 Å². The van der Waals surface area contributed by atoms with Gasteiger partial charge in [0.2, 0.25) is 8.32 Å². The maximum atomic E-state index is 10.8. The van der Waals surface area contributed by atoms with Crippen LogP contribution in [0.5, 0.6) is 0 Å². The second kappa shape index (κ2) is 3.56. The van der Waals surface area contributed by atoms with Crippen molar-refractivity contribution in [3.63, 3.8) is 0 Å². The maximum Gasteiger partial charge on any atom is 0.317 e. The van der Waals surface area contributed by atoms with Crippen LogP contribution in [0.25, 0.3) is 0 Å². The molecular weight excluding hydrogens is 144 g/mol. The minimum Gasteiger partial charge on any atom is -0.517 e. The molecule has 58 valence electrons. The molecule has 2 nitrogen and oxygen atoms in total. The van der Waals surface area contributed by atoms with Crippen LogP contribution in [-0.4, -0.2) is 14.3 Å². The Morgan fingerprint density at radius 2 is 1.90 bits per heavy atom. The molecular formula is C7H14O2Si. The van der Waals surface area contributed by atoms with Gasteiger partial charge in [0.05, 0.1) is 0 Å². The van der Waals surface area contributed by atoms with E-state index in [0.717, 1.165) is 0 Å². The van der Waals surface area contributed by atoms with Crippen LogP contribution in [-0.2, 0) is 9.22 Å². The van der Waals surface area contributed by atoms with Crippen molar-refractivity contribution in [3.8, 4) is 0 Å². The van der Waals surface area contributed by atoms with Gasteiger partial charge >= 0.3 is 5.97 Å². The van der Waals surface area contributed by atoms with Crippen LogP contribution in [0.3, 0.4) is 0 Å². The van der Waals surface area contributed by atoms with Crippen molar-refractivity contribution in [1.29, 1.82) is 0 Å². The third-order valence-corrected chi connectivity index (χ3v) is 1.52. The SMILES string of the molecule is CC=CC(=O)O[Si](C)(C)C. The van der Waals surface area contributed by atoms with Gasteiger partial charge in [-0.3, -0.25) is 0 Å². The van der Waals surface area contributed by atoms with Crippen LogP contribution in [0.4, 0.5) is 0 Å². The predicted octanol–water partition coefficient (Wildman–Crippen LogP) is 1.94. The van der Waals surface area contributed by atoms with Crippen LogP contribution < -0.4 is 0 Å². The Balaban J connectivity index is 3.81. The first-order valence-corrected chi connectivity index (χ1v) is 6.72. The van der Waals surface area contributed by atoms with Gasteiger partial charge in [-0.15, -0.1) is 0 Å². The van der Waals surface area contributed by atoms with Crippen molar-refractivity contribution >= 4 is 14.3 Å². The predicted molar refractivity (Wildman–Crippen MR) is 44.3 cm³/mol. The molecule has 0 aliphatic carbocycles. The van der Waals surface area contributed by atoms with Crippen LogP contribution in [0, 0.1) is 0 Å². The standard InChI is InChI=1S/C7H14O2Si/c1-5-6-7(8)9-10(2,3)4/h5-6H,1-4H3. The minimum atomic E-state index is -1.66. The molecule has 0 radical (unpaired) electrons. The molecule has 0 saturated carbocycles. The highest BCUT2D eigenvalue weighted by Crippen LogP contribution is 2.02. The monoisotopic (exact) mass is 158 g/mol. The Morgan fingerprint density at radius 1 is 1.40 bits per heavy atom. The first kappa shape index (κ1) is 9.43. The van der Waals surface area contributed by atoms with Gasteiger partial charge in [0.1, 0.15) is 0 Å². The van der Waals surface area contributed by atoms with E-state index >= 15 is 0 Å². The van der Waals surface area contributed by atoms with E-state index in [1.807, 2.05) is 19.6 Å². The van der Waals surface area contributed by atoms with Crippen LogP contribution >= 0.6 is 0 Å². The van der Waals surface area contributed by atoms with Crippen molar-refractivity contribution in [2.24, 2.45) is 0 Å². The highest BCUT2D eigenvalue weighted by atomic mass is 28.4. The molecule has 0 N–H and O–H groups in total. The topological polar surface area (TPSA) is 26.3 Å². The molecule has 10 heavy (non-hydrogen) atoms. The molecule has 0 saturated heterocycles. The van der Waals surface area contributed by atoms with Gasteiger partial charge in [-0.2, -0.15) is 0 Å². The lowest BCUT2D eigenvalue weighted by Crippen LogP contribution is -2.28. The molecule has 0 heterocycles. The van der Waals surface area contributed by atoms with Gasteiger partial charge in [0.25, 0.3) is 0 Å². The fourth-order valence-corrected chi connectivity index (χ4v) is 1.14. The normalized spacial score (nSPS) is 12.0. The van der Waals surface area contributed by atoms with Crippen molar-refractivity contribution in [1.82, 2.24) is 0 Å². The zero-order chi connectivity index (χ0) is 8.20. The molecule has 3 heteroatoms. The van der Waals surface area contributed by atoms with Crippen LogP contribution in [0.2, 0.25) is 19.6 Å². The highest BCUT2D eigenvalue weighted by Gasteiger charge is 2.17. The molecule has 0 aromatic heterocycles. The second-order valence-electron chi connectivity index (χ2n) is 3.03. The third-order valence-electron chi connectivity index (χ3n) is 0.710. The number of rotatable bonds is 2. The van der Waals surface area contributed by atoms with Gasteiger partial charge in [-0.1, -0.05) is 6.08 Å². The fraction of sp³-hybridized carbons (Fsp3) is 0.571. The number of allylic oxidation sites excluding steroid dienone is 1. The summed E-state index contributed by atoms with van der Waals surface area (Å²) in [6, 6.07) is 0. The Bertz CT molecular complexity index is 144. The Morgan fingerprint density at radius 3 is 2.20 bits per heavy atom. The number of hydrogen-bond acceptors (Lipinski definition) is 2. The van der Waals surface area contributed by atoms with E-state index < -0.39 is 8.32 Å². The molecule has 0 aliphatic rings. The number of carbonyl (C=O) groups excluding carboxylic acids is 1. The summed E-state index contributed by atoms with van der Waals surface area (Å²) in [6.07, 6.45) is 3.13. The summed E-state index contributed by atoms with van der Waals surface area (Å²) < 4.78 is 5.09. The summed E-state index contributed by atoms with van der Waals surface area (Å²) in [4.78, 5) is 10.8. The van der Waals surface area contributed by atoms with Crippen molar-refractivity contribution in [2.45, 2.75) is 26.6 Å². The molecule has 0 amide bonds. The summed E-state index contributed by atoms with van der Waals surface area (Å²) in [5.41, 5.74) is 0. The molecule has 0 bridgehead atoms. The van der Waals surface area contributed by atoms with E-state index in [1.54, 1.807) is 13.0 Å². The first-order valence-electron chi connectivity index (χ1n) is 3.31. The third kappa shape index (κ3) is 5.56. The van der Waals surface area contributed by atoms with Gasteiger partial charge in [-0.05, 0) is 26.6 Å². The van der Waals surface area contributed by atoms with Crippen LogP contribution in [0.1, 0.15) is 6.92 Å². The Kier molecular flexibility index (Phi) is 3.36. The Labute approximate surface area is 63.0 Å². The number of carbonyl (C=O) groups is 1. The summed E-state index contributed by atoms with van der Waals surface area (Å²) >= 11 is 0. The van der Waals surface area contributed by atoms with Crippen LogP contribution in [0.15, 0.2) is 12.2 Å². The lowest BCUT2D eigenvalue weighted by atomic mass is 10.5. The van der Waals surface area contributed by atoms with Crippen molar-refractivity contribution < 1.29 is 9.22 Å². The van der Waals surface area contributed by atoms with E-state index in [2.05, 4.69) is 0 Å².